The van der Waals surface area contributed by atoms with Crippen molar-refractivity contribution in [3.8, 4) is 0 Å². The van der Waals surface area contributed by atoms with Gasteiger partial charge in [-0.1, -0.05) is 11.6 Å². The summed E-state index contributed by atoms with van der Waals surface area (Å²) in [6.45, 7) is 7.84. The molecule has 2 unspecified atom stereocenters. The average Bonchev–Trinajstić information content (AvgIpc) is 1.97. The van der Waals surface area contributed by atoms with Crippen LogP contribution in [0, 0.1) is 0 Å². The highest BCUT2D eigenvalue weighted by Crippen LogP contribution is 1.90. The first-order valence-electron chi connectivity index (χ1n) is 4.20. The van der Waals surface area contributed by atoms with Crippen LogP contribution in [-0.2, 0) is 10.8 Å². The molecule has 0 heterocycles. The quantitative estimate of drug-likeness (QED) is 0.522. The van der Waals surface area contributed by atoms with E-state index in [0.29, 0.717) is 0 Å². The number of allylic oxidation sites excluding steroid dienone is 1. The predicted molar refractivity (Wildman–Crippen MR) is 55.8 cm³/mol. The summed E-state index contributed by atoms with van der Waals surface area (Å²) >= 11 is 0. The molecule has 72 valence electrons. The fourth-order valence-electron chi connectivity index (χ4n) is 0.680. The van der Waals surface area contributed by atoms with E-state index >= 15 is 0 Å². The van der Waals surface area contributed by atoms with E-state index in [0.717, 1.165) is 13.1 Å². The standard InChI is InChI=1S/C9H19NOS/c1-8(2)5-6-10-7-9(3)12(4)11/h5,9-10H,6-7H2,1-4H3. The zero-order valence-corrected chi connectivity index (χ0v) is 9.20. The maximum atomic E-state index is 10.9. The molecule has 0 fully saturated rings. The van der Waals surface area contributed by atoms with E-state index in [1.165, 1.54) is 5.57 Å². The molecule has 0 amide bonds. The lowest BCUT2D eigenvalue weighted by Gasteiger charge is -2.07. The molecule has 0 aliphatic heterocycles. The Kier molecular flexibility index (Phi) is 6.30. The zero-order chi connectivity index (χ0) is 9.56. The Bertz CT molecular complexity index is 173. The normalized spacial score (nSPS) is 15.3. The average molecular weight is 189 g/mol. The molecule has 0 aliphatic carbocycles. The van der Waals surface area contributed by atoms with Crippen LogP contribution in [0.1, 0.15) is 20.8 Å². The van der Waals surface area contributed by atoms with Gasteiger partial charge in [-0.2, -0.15) is 0 Å². The van der Waals surface area contributed by atoms with Crippen LogP contribution in [-0.4, -0.2) is 28.8 Å². The van der Waals surface area contributed by atoms with Gasteiger partial charge >= 0.3 is 0 Å². The van der Waals surface area contributed by atoms with Crippen molar-refractivity contribution in [1.82, 2.24) is 5.32 Å². The summed E-state index contributed by atoms with van der Waals surface area (Å²) in [6.07, 6.45) is 3.87. The molecular weight excluding hydrogens is 170 g/mol. The molecule has 2 atom stereocenters. The molecule has 0 bridgehead atoms. The zero-order valence-electron chi connectivity index (χ0n) is 8.39. The third-order valence-corrected chi connectivity index (χ3v) is 2.95. The van der Waals surface area contributed by atoms with Crippen LogP contribution in [0.3, 0.4) is 0 Å². The van der Waals surface area contributed by atoms with E-state index in [2.05, 4.69) is 25.2 Å². The monoisotopic (exact) mass is 189 g/mol. The summed E-state index contributed by atoms with van der Waals surface area (Å²) in [6, 6.07) is 0. The van der Waals surface area contributed by atoms with E-state index < -0.39 is 10.8 Å². The van der Waals surface area contributed by atoms with Gasteiger partial charge in [0.15, 0.2) is 0 Å². The maximum absolute atomic E-state index is 10.9. The third-order valence-electron chi connectivity index (χ3n) is 1.65. The summed E-state index contributed by atoms with van der Waals surface area (Å²) in [7, 11) is -0.708. The highest BCUT2D eigenvalue weighted by Gasteiger charge is 2.03. The van der Waals surface area contributed by atoms with Gasteiger partial charge in [0, 0.05) is 35.4 Å². The first kappa shape index (κ1) is 11.8. The van der Waals surface area contributed by atoms with Crippen molar-refractivity contribution in [2.24, 2.45) is 0 Å². The van der Waals surface area contributed by atoms with Gasteiger partial charge in [0.2, 0.25) is 0 Å². The van der Waals surface area contributed by atoms with Crippen molar-refractivity contribution in [2.45, 2.75) is 26.0 Å². The lowest BCUT2D eigenvalue weighted by molar-refractivity contribution is 0.663. The van der Waals surface area contributed by atoms with Crippen LogP contribution in [0.25, 0.3) is 0 Å². The van der Waals surface area contributed by atoms with E-state index in [1.807, 2.05) is 6.92 Å². The molecule has 12 heavy (non-hydrogen) atoms. The highest BCUT2D eigenvalue weighted by molar-refractivity contribution is 7.84. The van der Waals surface area contributed by atoms with E-state index in [9.17, 15) is 4.21 Å². The van der Waals surface area contributed by atoms with E-state index in [1.54, 1.807) is 6.26 Å². The van der Waals surface area contributed by atoms with Crippen LogP contribution in [0.2, 0.25) is 0 Å². The van der Waals surface area contributed by atoms with Crippen molar-refractivity contribution >= 4 is 10.8 Å². The molecule has 0 saturated heterocycles. The van der Waals surface area contributed by atoms with Gasteiger partial charge in [-0.05, 0) is 20.8 Å². The van der Waals surface area contributed by atoms with Crippen molar-refractivity contribution in [2.75, 3.05) is 19.3 Å². The minimum atomic E-state index is -0.708. The topological polar surface area (TPSA) is 29.1 Å². The summed E-state index contributed by atoms with van der Waals surface area (Å²) < 4.78 is 10.9. The summed E-state index contributed by atoms with van der Waals surface area (Å²) in [5.74, 6) is 0. The molecule has 0 spiro atoms. The van der Waals surface area contributed by atoms with Gasteiger partial charge in [-0.15, -0.1) is 0 Å². The first-order valence-corrected chi connectivity index (χ1v) is 5.82. The van der Waals surface area contributed by atoms with E-state index in [4.69, 9.17) is 0 Å². The lowest BCUT2D eigenvalue weighted by Crippen LogP contribution is -2.27. The molecule has 1 N–H and O–H groups in total. The Morgan fingerprint density at radius 2 is 2.17 bits per heavy atom. The smallest absolute Gasteiger partial charge is 0.0441 e. The number of nitrogens with one attached hydrogen (secondary N) is 1. The summed E-state index contributed by atoms with van der Waals surface area (Å²) in [5.41, 5.74) is 1.31. The Balaban J connectivity index is 3.44. The van der Waals surface area contributed by atoms with Gasteiger partial charge in [-0.3, -0.25) is 4.21 Å². The molecule has 2 nitrogen and oxygen atoms in total. The van der Waals surface area contributed by atoms with Crippen molar-refractivity contribution in [3.63, 3.8) is 0 Å². The highest BCUT2D eigenvalue weighted by atomic mass is 32.2. The number of hydrogen-bond acceptors (Lipinski definition) is 2. The van der Waals surface area contributed by atoms with Gasteiger partial charge in [-0.25, -0.2) is 0 Å². The van der Waals surface area contributed by atoms with Crippen LogP contribution < -0.4 is 5.32 Å². The Labute approximate surface area is 77.9 Å². The maximum Gasteiger partial charge on any atom is 0.0441 e. The molecular formula is C9H19NOS. The van der Waals surface area contributed by atoms with Crippen molar-refractivity contribution in [3.05, 3.63) is 11.6 Å². The Morgan fingerprint density at radius 3 is 2.58 bits per heavy atom. The molecule has 0 aliphatic rings. The second-order valence-electron chi connectivity index (χ2n) is 3.25. The second-order valence-corrected chi connectivity index (χ2v) is 5.05. The summed E-state index contributed by atoms with van der Waals surface area (Å²) in [5, 5.41) is 3.47. The number of hydrogen-bond donors (Lipinski definition) is 1. The summed E-state index contributed by atoms with van der Waals surface area (Å²) in [4.78, 5) is 0. The van der Waals surface area contributed by atoms with Crippen LogP contribution in [0.5, 0.6) is 0 Å². The van der Waals surface area contributed by atoms with Gasteiger partial charge in [0.25, 0.3) is 0 Å². The molecule has 0 rings (SSSR count). The fourth-order valence-corrected chi connectivity index (χ4v) is 1.03. The SMILES string of the molecule is CC(C)=CCNCC(C)S(C)=O. The molecule has 0 aromatic heterocycles. The molecule has 3 heteroatoms. The lowest BCUT2D eigenvalue weighted by atomic mass is 10.3. The molecule has 0 saturated carbocycles. The van der Waals surface area contributed by atoms with Crippen LogP contribution in [0.15, 0.2) is 11.6 Å². The number of rotatable bonds is 5. The van der Waals surface area contributed by atoms with Crippen molar-refractivity contribution < 1.29 is 4.21 Å². The van der Waals surface area contributed by atoms with Gasteiger partial charge in [0.05, 0.1) is 0 Å². The van der Waals surface area contributed by atoms with Crippen LogP contribution >= 0.6 is 0 Å². The van der Waals surface area contributed by atoms with E-state index in [-0.39, 0.29) is 5.25 Å². The van der Waals surface area contributed by atoms with Gasteiger partial charge in [0.1, 0.15) is 0 Å². The Hall–Kier alpha value is -0.150. The fraction of sp³-hybridized carbons (Fsp3) is 0.778. The Morgan fingerprint density at radius 1 is 1.58 bits per heavy atom. The van der Waals surface area contributed by atoms with Crippen molar-refractivity contribution in [1.29, 1.82) is 0 Å². The predicted octanol–water partition coefficient (Wildman–Crippen LogP) is 1.31. The first-order chi connectivity index (χ1) is 5.54. The minimum Gasteiger partial charge on any atom is -0.312 e. The molecule has 0 radical (unpaired) electrons. The minimum absolute atomic E-state index is 0.246. The molecule has 0 aromatic rings. The third kappa shape index (κ3) is 6.55. The largest absolute Gasteiger partial charge is 0.312 e. The van der Waals surface area contributed by atoms with Gasteiger partial charge < -0.3 is 5.32 Å². The second kappa shape index (κ2) is 6.38. The molecule has 0 aromatic carbocycles. The van der Waals surface area contributed by atoms with Crippen LogP contribution in [0.4, 0.5) is 0 Å².